The molecule has 0 aliphatic carbocycles. The molecule has 0 amide bonds. The molecule has 28 heavy (non-hydrogen) atoms. The lowest BCUT2D eigenvalue weighted by molar-refractivity contribution is -0.948. The van der Waals surface area contributed by atoms with Crippen LogP contribution in [0.1, 0.15) is 91.4 Å². The molecular weight excluding hydrogens is 382 g/mol. The fourth-order valence-corrected chi connectivity index (χ4v) is 5.11. The topological polar surface area (TPSA) is 101 Å². The third-order valence-corrected chi connectivity index (χ3v) is 6.76. The molecule has 0 fully saturated rings. The summed E-state index contributed by atoms with van der Waals surface area (Å²) < 4.78 is 38.1. The summed E-state index contributed by atoms with van der Waals surface area (Å²) in [7, 11) is -1.45. The van der Waals surface area contributed by atoms with Crippen molar-refractivity contribution in [2.75, 3.05) is 14.1 Å². The van der Waals surface area contributed by atoms with Gasteiger partial charge in [-0.1, -0.05) is 65.2 Å². The number of rotatable bonds is 16. The Bertz CT molecular complexity index is 533. The molecule has 0 aromatic heterocycles. The van der Waals surface area contributed by atoms with Gasteiger partial charge in [-0.25, -0.2) is 0 Å². The van der Waals surface area contributed by atoms with Gasteiger partial charge in [-0.05, 0) is 13.3 Å². The van der Waals surface area contributed by atoms with E-state index >= 15 is 0 Å². The summed E-state index contributed by atoms with van der Waals surface area (Å²) in [5.41, 5.74) is 0. The van der Waals surface area contributed by atoms with Crippen molar-refractivity contribution in [2.24, 2.45) is 0 Å². The van der Waals surface area contributed by atoms with Crippen molar-refractivity contribution in [3.8, 4) is 0 Å². The van der Waals surface area contributed by atoms with Crippen LogP contribution in [0, 0.1) is 0 Å². The van der Waals surface area contributed by atoms with E-state index in [9.17, 15) is 22.9 Å². The summed E-state index contributed by atoms with van der Waals surface area (Å²) in [6, 6.07) is 0. The Labute approximate surface area is 171 Å². The second-order valence-electron chi connectivity index (χ2n) is 8.21. The molecule has 0 aliphatic rings. The minimum Gasteiger partial charge on any atom is -0.412 e. The van der Waals surface area contributed by atoms with E-state index in [-0.39, 0.29) is 16.9 Å². The molecule has 0 aliphatic heterocycles. The lowest BCUT2D eigenvalue weighted by Crippen LogP contribution is -2.63. The van der Waals surface area contributed by atoms with Crippen molar-refractivity contribution >= 4 is 16.1 Å². The van der Waals surface area contributed by atoms with Gasteiger partial charge in [0.2, 0.25) is 11.6 Å². The van der Waals surface area contributed by atoms with Crippen LogP contribution in [0.2, 0.25) is 0 Å². The molecule has 0 saturated carbocycles. The smallest absolute Gasteiger partial charge is 0.322 e. The van der Waals surface area contributed by atoms with Gasteiger partial charge in [-0.2, -0.15) is 8.42 Å². The molecule has 7 nitrogen and oxygen atoms in total. The SMILES string of the molecule is CCCCCCCCCCCC(=O)OC(CC)[N+](C)(C)C(C(C)O)S(=O)(=O)O. The number of unbranched alkanes of at least 4 members (excludes halogenated alkanes) is 8. The predicted octanol–water partition coefficient (Wildman–Crippen LogP) is 3.86. The van der Waals surface area contributed by atoms with E-state index in [0.717, 1.165) is 19.3 Å². The van der Waals surface area contributed by atoms with Crippen molar-refractivity contribution in [1.29, 1.82) is 0 Å². The van der Waals surface area contributed by atoms with Gasteiger partial charge >= 0.3 is 16.1 Å². The molecule has 0 aromatic carbocycles. The zero-order valence-electron chi connectivity index (χ0n) is 18.4. The number of ether oxygens (including phenoxy) is 1. The summed E-state index contributed by atoms with van der Waals surface area (Å²) in [5.74, 6) is -0.374. The molecule has 0 radical (unpaired) electrons. The van der Waals surface area contributed by atoms with E-state index in [1.54, 1.807) is 6.92 Å². The van der Waals surface area contributed by atoms with Crippen LogP contribution in [-0.4, -0.2) is 60.3 Å². The highest BCUT2D eigenvalue weighted by molar-refractivity contribution is 7.86. The minimum atomic E-state index is -4.52. The maximum Gasteiger partial charge on any atom is 0.322 e. The number of esters is 1. The number of aliphatic hydroxyl groups excluding tert-OH is 1. The van der Waals surface area contributed by atoms with Crippen molar-refractivity contribution in [3.05, 3.63) is 0 Å². The molecule has 3 atom stereocenters. The minimum absolute atomic E-state index is 0.289. The Morgan fingerprint density at radius 3 is 1.82 bits per heavy atom. The van der Waals surface area contributed by atoms with Crippen LogP contribution < -0.4 is 0 Å². The molecule has 8 heteroatoms. The number of carbonyl (C=O) groups is 1. The van der Waals surface area contributed by atoms with E-state index in [2.05, 4.69) is 6.92 Å². The van der Waals surface area contributed by atoms with Crippen LogP contribution in [0.25, 0.3) is 0 Å². The fourth-order valence-electron chi connectivity index (χ4n) is 3.79. The number of quaternary nitrogens is 1. The standard InChI is InChI=1S/C20H41NO6S/c1-6-8-9-10-11-12-13-14-15-16-19(23)27-18(7-2)21(4,5)20(17(3)22)28(24,25)26/h17-18,20,22H,6-16H2,1-5H3/p+1. The molecule has 168 valence electrons. The predicted molar refractivity (Wildman–Crippen MR) is 111 cm³/mol. The van der Waals surface area contributed by atoms with Crippen LogP contribution in [0.3, 0.4) is 0 Å². The Balaban J connectivity index is 4.44. The maximum atomic E-state index is 12.2. The van der Waals surface area contributed by atoms with Gasteiger partial charge in [0.15, 0.2) is 0 Å². The Morgan fingerprint density at radius 1 is 0.964 bits per heavy atom. The Hall–Kier alpha value is -0.700. The average Bonchev–Trinajstić information content (AvgIpc) is 2.55. The normalized spacial score (nSPS) is 15.8. The van der Waals surface area contributed by atoms with Crippen molar-refractivity contribution < 1.29 is 32.1 Å². The third-order valence-electron chi connectivity index (χ3n) is 5.22. The Morgan fingerprint density at radius 2 is 1.43 bits per heavy atom. The van der Waals surface area contributed by atoms with Crippen molar-refractivity contribution in [2.45, 2.75) is 109 Å². The lowest BCUT2D eigenvalue weighted by Gasteiger charge is -2.42. The number of aliphatic hydroxyl groups is 1. The number of hydrogen-bond donors (Lipinski definition) is 2. The summed E-state index contributed by atoms with van der Waals surface area (Å²) in [6.07, 6.45) is 8.95. The van der Waals surface area contributed by atoms with Gasteiger partial charge in [0.25, 0.3) is 0 Å². The lowest BCUT2D eigenvalue weighted by atomic mass is 10.1. The van der Waals surface area contributed by atoms with Crippen LogP contribution in [0.15, 0.2) is 0 Å². The summed E-state index contributed by atoms with van der Waals surface area (Å²) in [5, 5.41) is 8.37. The van der Waals surface area contributed by atoms with Crippen LogP contribution in [-0.2, 0) is 19.6 Å². The molecule has 0 rings (SSSR count). The number of nitrogens with zero attached hydrogens (tertiary/aromatic N) is 1. The van der Waals surface area contributed by atoms with Gasteiger partial charge < -0.3 is 9.84 Å². The maximum absolute atomic E-state index is 12.2. The van der Waals surface area contributed by atoms with E-state index in [4.69, 9.17) is 4.74 Å². The zero-order valence-corrected chi connectivity index (χ0v) is 19.2. The molecule has 0 heterocycles. The first-order valence-corrected chi connectivity index (χ1v) is 12.2. The third kappa shape index (κ3) is 10.2. The van der Waals surface area contributed by atoms with Crippen molar-refractivity contribution in [3.63, 3.8) is 0 Å². The number of carbonyl (C=O) groups excluding carboxylic acids is 1. The molecule has 0 aromatic rings. The zero-order chi connectivity index (χ0) is 21.8. The van der Waals surface area contributed by atoms with Gasteiger partial charge in [0.05, 0.1) is 14.1 Å². The summed E-state index contributed by atoms with van der Waals surface area (Å²) >= 11 is 0. The molecule has 2 N–H and O–H groups in total. The van der Waals surface area contributed by atoms with Crippen LogP contribution in [0.5, 0.6) is 0 Å². The first-order valence-electron chi connectivity index (χ1n) is 10.7. The van der Waals surface area contributed by atoms with Crippen LogP contribution >= 0.6 is 0 Å². The van der Waals surface area contributed by atoms with E-state index < -0.39 is 27.8 Å². The van der Waals surface area contributed by atoms with E-state index in [1.165, 1.54) is 59.5 Å². The first-order chi connectivity index (χ1) is 13.0. The molecule has 0 saturated heterocycles. The second kappa shape index (κ2) is 13.5. The van der Waals surface area contributed by atoms with Crippen molar-refractivity contribution in [1.82, 2.24) is 0 Å². The molecule has 0 spiro atoms. The summed E-state index contributed by atoms with van der Waals surface area (Å²) in [6.45, 7) is 5.28. The highest BCUT2D eigenvalue weighted by Crippen LogP contribution is 2.24. The quantitative estimate of drug-likeness (QED) is 0.128. The fraction of sp³-hybridized carbons (Fsp3) is 0.950. The Kier molecular flexibility index (Phi) is 13.2. The molecular formula is C20H42NO6S+. The number of likely N-dealkylation sites (N-methyl/N-ethyl adjacent to an activating group) is 1. The van der Waals surface area contributed by atoms with E-state index in [1.807, 2.05) is 0 Å². The van der Waals surface area contributed by atoms with Gasteiger partial charge in [-0.15, -0.1) is 0 Å². The highest BCUT2D eigenvalue weighted by atomic mass is 32.2. The first kappa shape index (κ1) is 27.3. The molecule has 3 unspecified atom stereocenters. The average molecular weight is 425 g/mol. The second-order valence-corrected chi connectivity index (χ2v) is 9.72. The van der Waals surface area contributed by atoms with Gasteiger partial charge in [-0.3, -0.25) is 13.8 Å². The summed E-state index contributed by atoms with van der Waals surface area (Å²) in [4.78, 5) is 12.2. The number of hydrogen-bond acceptors (Lipinski definition) is 5. The van der Waals surface area contributed by atoms with Crippen LogP contribution in [0.4, 0.5) is 0 Å². The van der Waals surface area contributed by atoms with Gasteiger partial charge in [0, 0.05) is 12.8 Å². The van der Waals surface area contributed by atoms with Gasteiger partial charge in [0.1, 0.15) is 6.10 Å². The molecule has 0 bridgehead atoms. The highest BCUT2D eigenvalue weighted by Gasteiger charge is 2.48. The monoisotopic (exact) mass is 424 g/mol. The largest absolute Gasteiger partial charge is 0.412 e. The van der Waals surface area contributed by atoms with E-state index in [0.29, 0.717) is 6.42 Å².